The SMILES string of the molecule is CN(C)c1ccc(-c2cc(=O)c3ccc(N(C)C)cc3o2)cc1. The minimum Gasteiger partial charge on any atom is -0.456 e. The summed E-state index contributed by atoms with van der Waals surface area (Å²) in [6.45, 7) is 0. The van der Waals surface area contributed by atoms with E-state index in [9.17, 15) is 4.79 Å². The first kappa shape index (κ1) is 15.2. The van der Waals surface area contributed by atoms with Gasteiger partial charge in [-0.2, -0.15) is 0 Å². The van der Waals surface area contributed by atoms with Crippen molar-refractivity contribution in [3.8, 4) is 11.3 Å². The van der Waals surface area contributed by atoms with Gasteiger partial charge in [-0.1, -0.05) is 0 Å². The van der Waals surface area contributed by atoms with E-state index in [2.05, 4.69) is 0 Å². The first-order valence-electron chi connectivity index (χ1n) is 7.49. The van der Waals surface area contributed by atoms with Crippen LogP contribution in [0.1, 0.15) is 0 Å². The highest BCUT2D eigenvalue weighted by Crippen LogP contribution is 2.26. The van der Waals surface area contributed by atoms with Crippen LogP contribution in [0.4, 0.5) is 11.4 Å². The summed E-state index contributed by atoms with van der Waals surface area (Å²) < 4.78 is 5.98. The molecule has 0 N–H and O–H groups in total. The Morgan fingerprint density at radius 3 is 2.00 bits per heavy atom. The molecule has 0 aliphatic rings. The van der Waals surface area contributed by atoms with Gasteiger partial charge in [0.15, 0.2) is 5.43 Å². The fourth-order valence-electron chi connectivity index (χ4n) is 2.49. The first-order chi connectivity index (χ1) is 11.0. The molecule has 0 fully saturated rings. The number of hydrogen-bond acceptors (Lipinski definition) is 4. The molecule has 4 heteroatoms. The maximum atomic E-state index is 12.3. The van der Waals surface area contributed by atoms with Gasteiger partial charge >= 0.3 is 0 Å². The molecule has 3 rings (SSSR count). The fourth-order valence-corrected chi connectivity index (χ4v) is 2.49. The van der Waals surface area contributed by atoms with Crippen LogP contribution in [0.3, 0.4) is 0 Å². The molecule has 0 saturated carbocycles. The van der Waals surface area contributed by atoms with Gasteiger partial charge in [0.25, 0.3) is 0 Å². The molecule has 0 bridgehead atoms. The monoisotopic (exact) mass is 308 g/mol. The predicted octanol–water partition coefficient (Wildman–Crippen LogP) is 3.59. The van der Waals surface area contributed by atoms with Gasteiger partial charge < -0.3 is 14.2 Å². The van der Waals surface area contributed by atoms with E-state index in [1.54, 1.807) is 6.07 Å². The number of nitrogens with zero attached hydrogens (tertiary/aromatic N) is 2. The van der Waals surface area contributed by atoms with Gasteiger partial charge in [0, 0.05) is 57.3 Å². The second-order valence-corrected chi connectivity index (χ2v) is 5.99. The molecule has 2 aromatic carbocycles. The number of benzene rings is 2. The van der Waals surface area contributed by atoms with E-state index in [-0.39, 0.29) is 5.43 Å². The van der Waals surface area contributed by atoms with E-state index < -0.39 is 0 Å². The molecule has 1 aromatic heterocycles. The molecule has 0 atom stereocenters. The lowest BCUT2D eigenvalue weighted by Crippen LogP contribution is -2.09. The van der Waals surface area contributed by atoms with Gasteiger partial charge in [0.2, 0.25) is 0 Å². The summed E-state index contributed by atoms with van der Waals surface area (Å²) in [5.74, 6) is 0.587. The summed E-state index contributed by atoms with van der Waals surface area (Å²) in [7, 11) is 7.91. The average molecular weight is 308 g/mol. The van der Waals surface area contributed by atoms with Crippen LogP contribution in [-0.2, 0) is 0 Å². The van der Waals surface area contributed by atoms with E-state index in [0.717, 1.165) is 16.9 Å². The van der Waals surface area contributed by atoms with Crippen molar-refractivity contribution in [3.63, 3.8) is 0 Å². The largest absolute Gasteiger partial charge is 0.456 e. The highest BCUT2D eigenvalue weighted by Gasteiger charge is 2.09. The molecule has 0 aliphatic carbocycles. The Labute approximate surface area is 135 Å². The molecule has 0 radical (unpaired) electrons. The first-order valence-corrected chi connectivity index (χ1v) is 7.49. The van der Waals surface area contributed by atoms with Gasteiger partial charge in [-0.05, 0) is 36.4 Å². The molecule has 0 unspecified atom stereocenters. The third-order valence-electron chi connectivity index (χ3n) is 3.90. The topological polar surface area (TPSA) is 36.7 Å². The molecule has 0 aliphatic heterocycles. The minimum absolute atomic E-state index is 0.0248. The Morgan fingerprint density at radius 2 is 1.39 bits per heavy atom. The lowest BCUT2D eigenvalue weighted by atomic mass is 10.1. The maximum Gasteiger partial charge on any atom is 0.193 e. The van der Waals surface area contributed by atoms with Crippen LogP contribution in [0.15, 0.2) is 57.7 Å². The van der Waals surface area contributed by atoms with E-state index in [1.807, 2.05) is 80.5 Å². The van der Waals surface area contributed by atoms with Crippen LogP contribution < -0.4 is 15.2 Å². The van der Waals surface area contributed by atoms with E-state index in [1.165, 1.54) is 0 Å². The summed E-state index contributed by atoms with van der Waals surface area (Å²) in [5, 5.41) is 0.601. The van der Waals surface area contributed by atoms with Gasteiger partial charge in [-0.15, -0.1) is 0 Å². The average Bonchev–Trinajstić information content (AvgIpc) is 2.54. The van der Waals surface area contributed by atoms with Crippen LogP contribution in [0.25, 0.3) is 22.3 Å². The minimum atomic E-state index is -0.0248. The molecule has 23 heavy (non-hydrogen) atoms. The molecule has 4 nitrogen and oxygen atoms in total. The summed E-state index contributed by atoms with van der Waals surface area (Å²) in [4.78, 5) is 16.4. The third kappa shape index (κ3) is 2.93. The van der Waals surface area contributed by atoms with Crippen molar-refractivity contribution in [1.29, 1.82) is 0 Å². The normalized spacial score (nSPS) is 10.8. The Bertz CT molecular complexity index is 893. The molecule has 118 valence electrons. The quantitative estimate of drug-likeness (QED) is 0.741. The van der Waals surface area contributed by atoms with E-state index in [4.69, 9.17) is 4.42 Å². The molecule has 1 heterocycles. The Kier molecular flexibility index (Phi) is 3.82. The zero-order valence-electron chi connectivity index (χ0n) is 13.8. The molecular weight excluding hydrogens is 288 g/mol. The zero-order chi connectivity index (χ0) is 16.6. The van der Waals surface area contributed by atoms with Crippen LogP contribution in [0, 0.1) is 0 Å². The number of rotatable bonds is 3. The van der Waals surface area contributed by atoms with Gasteiger partial charge in [-0.25, -0.2) is 0 Å². The second-order valence-electron chi connectivity index (χ2n) is 5.99. The van der Waals surface area contributed by atoms with E-state index in [0.29, 0.717) is 16.7 Å². The van der Waals surface area contributed by atoms with E-state index >= 15 is 0 Å². The molecule has 0 saturated heterocycles. The van der Waals surface area contributed by atoms with Crippen LogP contribution in [-0.4, -0.2) is 28.2 Å². The van der Waals surface area contributed by atoms with Crippen molar-refractivity contribution in [3.05, 3.63) is 58.8 Å². The standard InChI is InChI=1S/C19H20N2O2/c1-20(2)14-7-5-13(6-8-14)18-12-17(22)16-10-9-15(21(3)4)11-19(16)23-18/h5-12H,1-4H3. The van der Waals surface area contributed by atoms with Crippen molar-refractivity contribution in [2.75, 3.05) is 38.0 Å². The highest BCUT2D eigenvalue weighted by molar-refractivity contribution is 5.82. The van der Waals surface area contributed by atoms with Gasteiger partial charge in [0.05, 0.1) is 5.39 Å². The van der Waals surface area contributed by atoms with Crippen molar-refractivity contribution >= 4 is 22.3 Å². The zero-order valence-corrected chi connectivity index (χ0v) is 13.8. The summed E-state index contributed by atoms with van der Waals surface area (Å²) in [6, 6.07) is 15.1. The lowest BCUT2D eigenvalue weighted by molar-refractivity contribution is 0.619. The third-order valence-corrected chi connectivity index (χ3v) is 3.90. The maximum absolute atomic E-state index is 12.3. The number of hydrogen-bond donors (Lipinski definition) is 0. The number of anilines is 2. The summed E-state index contributed by atoms with van der Waals surface area (Å²) >= 11 is 0. The highest BCUT2D eigenvalue weighted by atomic mass is 16.3. The Hall–Kier alpha value is -2.75. The van der Waals surface area contributed by atoms with Crippen LogP contribution in [0.2, 0.25) is 0 Å². The number of fused-ring (bicyclic) bond motifs is 1. The molecule has 3 aromatic rings. The Morgan fingerprint density at radius 1 is 0.783 bits per heavy atom. The predicted molar refractivity (Wildman–Crippen MR) is 96.6 cm³/mol. The van der Waals surface area contributed by atoms with Crippen molar-refractivity contribution in [2.45, 2.75) is 0 Å². The van der Waals surface area contributed by atoms with Gasteiger partial charge in [-0.3, -0.25) is 4.79 Å². The van der Waals surface area contributed by atoms with Crippen LogP contribution >= 0.6 is 0 Å². The molecular formula is C19H20N2O2. The Balaban J connectivity index is 2.12. The van der Waals surface area contributed by atoms with Gasteiger partial charge in [0.1, 0.15) is 11.3 Å². The van der Waals surface area contributed by atoms with Crippen LogP contribution in [0.5, 0.6) is 0 Å². The summed E-state index contributed by atoms with van der Waals surface area (Å²) in [6.07, 6.45) is 0. The second kappa shape index (κ2) is 5.80. The molecule has 0 spiro atoms. The lowest BCUT2D eigenvalue weighted by Gasteiger charge is -2.13. The summed E-state index contributed by atoms with van der Waals surface area (Å²) in [5.41, 5.74) is 3.58. The van der Waals surface area contributed by atoms with Crippen molar-refractivity contribution < 1.29 is 4.42 Å². The van der Waals surface area contributed by atoms with Crippen molar-refractivity contribution in [2.24, 2.45) is 0 Å². The fraction of sp³-hybridized carbons (Fsp3) is 0.211. The smallest absolute Gasteiger partial charge is 0.193 e. The van der Waals surface area contributed by atoms with Crippen molar-refractivity contribution in [1.82, 2.24) is 0 Å². The molecule has 0 amide bonds.